The van der Waals surface area contributed by atoms with Crippen LogP contribution in [0.15, 0.2) is 0 Å². The summed E-state index contributed by atoms with van der Waals surface area (Å²) in [5.41, 5.74) is 1.09. The van der Waals surface area contributed by atoms with Crippen molar-refractivity contribution in [3.8, 4) is 0 Å². The molecule has 0 fully saturated rings. The summed E-state index contributed by atoms with van der Waals surface area (Å²) >= 11 is 1.80. The van der Waals surface area contributed by atoms with E-state index >= 15 is 0 Å². The smallest absolute Gasteiger partial charge is 0.0958 e. The quantitative estimate of drug-likeness (QED) is 0.833. The van der Waals surface area contributed by atoms with Gasteiger partial charge in [0.25, 0.3) is 0 Å². The predicted octanol–water partition coefficient (Wildman–Crippen LogP) is 2.91. The van der Waals surface area contributed by atoms with Gasteiger partial charge in [-0.2, -0.15) is 0 Å². The highest BCUT2D eigenvalue weighted by Crippen LogP contribution is 2.25. The predicted molar refractivity (Wildman–Crippen MR) is 68.9 cm³/mol. The summed E-state index contributed by atoms with van der Waals surface area (Å²) in [6.07, 6.45) is 0. The molecule has 1 N–H and O–H groups in total. The number of methoxy groups -OCH3 is 1. The van der Waals surface area contributed by atoms with E-state index in [-0.39, 0.29) is 0 Å². The van der Waals surface area contributed by atoms with E-state index in [2.05, 4.69) is 38.0 Å². The first kappa shape index (κ1) is 13.6. The van der Waals surface area contributed by atoms with Crippen LogP contribution in [0.1, 0.15) is 49.2 Å². The topological polar surface area (TPSA) is 34.1 Å². The van der Waals surface area contributed by atoms with Gasteiger partial charge in [-0.3, -0.25) is 0 Å². The minimum atomic E-state index is 0.494. The minimum absolute atomic E-state index is 0.494. The Hall–Kier alpha value is -0.450. The molecule has 1 aromatic heterocycles. The standard InChI is InChI=1S/C12H22N2OS/c1-8(2)12-14-10(7-15-5)11(16-12)6-13-9(3)4/h8-9,13H,6-7H2,1-5H3. The summed E-state index contributed by atoms with van der Waals surface area (Å²) in [6.45, 7) is 10.2. The van der Waals surface area contributed by atoms with Crippen molar-refractivity contribution in [3.05, 3.63) is 15.6 Å². The molecule has 0 aliphatic rings. The molecule has 0 saturated heterocycles. The van der Waals surface area contributed by atoms with E-state index in [9.17, 15) is 0 Å². The Morgan fingerprint density at radius 2 is 2.00 bits per heavy atom. The van der Waals surface area contributed by atoms with E-state index in [1.54, 1.807) is 18.4 Å². The molecule has 0 spiro atoms. The molecule has 1 aromatic rings. The highest BCUT2D eigenvalue weighted by Gasteiger charge is 2.13. The van der Waals surface area contributed by atoms with E-state index in [0.717, 1.165) is 12.2 Å². The van der Waals surface area contributed by atoms with Crippen molar-refractivity contribution in [3.63, 3.8) is 0 Å². The lowest BCUT2D eigenvalue weighted by molar-refractivity contribution is 0.181. The molecule has 92 valence electrons. The van der Waals surface area contributed by atoms with Gasteiger partial charge in [0, 0.05) is 30.5 Å². The van der Waals surface area contributed by atoms with Gasteiger partial charge in [0.15, 0.2) is 0 Å². The second-order valence-electron chi connectivity index (χ2n) is 4.55. The van der Waals surface area contributed by atoms with Gasteiger partial charge >= 0.3 is 0 Å². The molecule has 0 amide bonds. The fraction of sp³-hybridized carbons (Fsp3) is 0.750. The Bertz CT molecular complexity index is 321. The van der Waals surface area contributed by atoms with Gasteiger partial charge in [0.05, 0.1) is 17.3 Å². The third kappa shape index (κ3) is 3.85. The monoisotopic (exact) mass is 242 g/mol. The number of hydrogen-bond acceptors (Lipinski definition) is 4. The largest absolute Gasteiger partial charge is 0.378 e. The molecular weight excluding hydrogens is 220 g/mol. The summed E-state index contributed by atoms with van der Waals surface area (Å²) in [5.74, 6) is 0.494. The Kier molecular flexibility index (Phi) is 5.38. The SMILES string of the molecule is COCc1nc(C(C)C)sc1CNC(C)C. The molecule has 0 saturated carbocycles. The molecular formula is C12H22N2OS. The molecule has 3 nitrogen and oxygen atoms in total. The minimum Gasteiger partial charge on any atom is -0.378 e. The zero-order valence-corrected chi connectivity index (χ0v) is 11.6. The van der Waals surface area contributed by atoms with Crippen LogP contribution in [0.5, 0.6) is 0 Å². The van der Waals surface area contributed by atoms with Crippen LogP contribution in [-0.2, 0) is 17.9 Å². The van der Waals surface area contributed by atoms with Gasteiger partial charge < -0.3 is 10.1 Å². The van der Waals surface area contributed by atoms with Crippen molar-refractivity contribution in [1.82, 2.24) is 10.3 Å². The van der Waals surface area contributed by atoms with E-state index in [4.69, 9.17) is 4.74 Å². The fourth-order valence-electron chi connectivity index (χ4n) is 1.33. The summed E-state index contributed by atoms with van der Waals surface area (Å²) in [6, 6.07) is 0.500. The molecule has 0 unspecified atom stereocenters. The highest BCUT2D eigenvalue weighted by molar-refractivity contribution is 7.11. The molecule has 0 aliphatic heterocycles. The Morgan fingerprint density at radius 3 is 2.50 bits per heavy atom. The second-order valence-corrected chi connectivity index (χ2v) is 5.66. The van der Waals surface area contributed by atoms with Crippen molar-refractivity contribution >= 4 is 11.3 Å². The Morgan fingerprint density at radius 1 is 1.31 bits per heavy atom. The number of hydrogen-bond donors (Lipinski definition) is 1. The number of ether oxygens (including phenoxy) is 1. The van der Waals surface area contributed by atoms with Crippen LogP contribution in [0.4, 0.5) is 0 Å². The van der Waals surface area contributed by atoms with Gasteiger partial charge in [-0.15, -0.1) is 11.3 Å². The first-order chi connectivity index (χ1) is 7.54. The molecule has 0 aliphatic carbocycles. The zero-order valence-electron chi connectivity index (χ0n) is 10.8. The van der Waals surface area contributed by atoms with Crippen molar-refractivity contribution in [1.29, 1.82) is 0 Å². The Balaban J connectivity index is 2.78. The van der Waals surface area contributed by atoms with Crippen LogP contribution < -0.4 is 5.32 Å². The zero-order chi connectivity index (χ0) is 12.1. The number of nitrogens with one attached hydrogen (secondary N) is 1. The van der Waals surface area contributed by atoms with Gasteiger partial charge in [0.1, 0.15) is 0 Å². The maximum Gasteiger partial charge on any atom is 0.0958 e. The van der Waals surface area contributed by atoms with Crippen LogP contribution in [0, 0.1) is 0 Å². The van der Waals surface area contributed by atoms with E-state index in [1.807, 2.05) is 0 Å². The van der Waals surface area contributed by atoms with Crippen molar-refractivity contribution in [2.24, 2.45) is 0 Å². The van der Waals surface area contributed by atoms with Gasteiger partial charge in [-0.05, 0) is 0 Å². The third-order valence-electron chi connectivity index (χ3n) is 2.24. The van der Waals surface area contributed by atoms with Gasteiger partial charge in [-0.25, -0.2) is 4.98 Å². The fourth-order valence-corrected chi connectivity index (χ4v) is 2.36. The molecule has 16 heavy (non-hydrogen) atoms. The summed E-state index contributed by atoms with van der Waals surface area (Å²) in [7, 11) is 1.72. The molecule has 4 heteroatoms. The summed E-state index contributed by atoms with van der Waals surface area (Å²) in [5, 5.41) is 4.63. The lowest BCUT2D eigenvalue weighted by Crippen LogP contribution is -2.21. The number of rotatable bonds is 6. The van der Waals surface area contributed by atoms with Gasteiger partial charge in [-0.1, -0.05) is 27.7 Å². The maximum atomic E-state index is 5.18. The summed E-state index contributed by atoms with van der Waals surface area (Å²) < 4.78 is 5.18. The molecule has 0 radical (unpaired) electrons. The average Bonchev–Trinajstić information content (AvgIpc) is 2.59. The normalized spacial score (nSPS) is 11.7. The van der Waals surface area contributed by atoms with Crippen molar-refractivity contribution < 1.29 is 4.74 Å². The molecule has 1 rings (SSSR count). The number of nitrogens with zero attached hydrogens (tertiary/aromatic N) is 1. The number of thiazole rings is 1. The van der Waals surface area contributed by atoms with E-state index in [1.165, 1.54) is 9.88 Å². The van der Waals surface area contributed by atoms with Crippen LogP contribution in [0.3, 0.4) is 0 Å². The average molecular weight is 242 g/mol. The van der Waals surface area contributed by atoms with Crippen molar-refractivity contribution in [2.75, 3.05) is 7.11 Å². The number of aromatic nitrogens is 1. The maximum absolute atomic E-state index is 5.18. The Labute approximate surface area is 102 Å². The lowest BCUT2D eigenvalue weighted by Gasteiger charge is -2.07. The van der Waals surface area contributed by atoms with Crippen molar-refractivity contribution in [2.45, 2.75) is 52.8 Å². The third-order valence-corrected chi connectivity index (χ3v) is 3.64. The van der Waals surface area contributed by atoms with Crippen LogP contribution in [0.25, 0.3) is 0 Å². The van der Waals surface area contributed by atoms with Crippen LogP contribution in [0.2, 0.25) is 0 Å². The molecule has 0 atom stereocenters. The first-order valence-electron chi connectivity index (χ1n) is 5.75. The lowest BCUT2D eigenvalue weighted by atomic mass is 10.2. The first-order valence-corrected chi connectivity index (χ1v) is 6.57. The molecule has 0 bridgehead atoms. The van der Waals surface area contributed by atoms with Crippen LogP contribution in [-0.4, -0.2) is 18.1 Å². The second kappa shape index (κ2) is 6.33. The highest BCUT2D eigenvalue weighted by atomic mass is 32.1. The van der Waals surface area contributed by atoms with E-state index in [0.29, 0.717) is 18.6 Å². The van der Waals surface area contributed by atoms with Crippen LogP contribution >= 0.6 is 11.3 Å². The van der Waals surface area contributed by atoms with E-state index < -0.39 is 0 Å². The molecule has 0 aromatic carbocycles. The van der Waals surface area contributed by atoms with Gasteiger partial charge in [0.2, 0.25) is 0 Å². The molecule has 1 heterocycles. The summed E-state index contributed by atoms with van der Waals surface area (Å²) in [4.78, 5) is 5.94.